The summed E-state index contributed by atoms with van der Waals surface area (Å²) in [6, 6.07) is 3.78. The molecule has 4 rings (SSSR count). The fourth-order valence-electron chi connectivity index (χ4n) is 4.01. The van der Waals surface area contributed by atoms with E-state index in [1.807, 2.05) is 39.8 Å². The van der Waals surface area contributed by atoms with Gasteiger partial charge in [0, 0.05) is 25.8 Å². The van der Waals surface area contributed by atoms with Crippen LogP contribution in [0.15, 0.2) is 28.0 Å². The molecular weight excluding hydrogens is 432 g/mol. The van der Waals surface area contributed by atoms with Crippen LogP contribution in [0.4, 0.5) is 5.82 Å². The second kappa shape index (κ2) is 8.72. The van der Waals surface area contributed by atoms with Crippen LogP contribution in [0.1, 0.15) is 38.3 Å². The molecule has 2 saturated heterocycles. The van der Waals surface area contributed by atoms with Gasteiger partial charge < -0.3 is 9.64 Å². The summed E-state index contributed by atoms with van der Waals surface area (Å²) in [6.45, 7) is 9.77. The first-order valence-electron chi connectivity index (χ1n) is 10.5. The smallest absolute Gasteiger partial charge is 0.267 e. The van der Waals surface area contributed by atoms with Gasteiger partial charge in [-0.15, -0.1) is 0 Å². The van der Waals surface area contributed by atoms with E-state index >= 15 is 0 Å². The number of morpholine rings is 1. The van der Waals surface area contributed by atoms with Gasteiger partial charge in [0.2, 0.25) is 0 Å². The summed E-state index contributed by atoms with van der Waals surface area (Å²) >= 11 is 6.63. The Morgan fingerprint density at radius 3 is 2.65 bits per heavy atom. The second-order valence-corrected chi connectivity index (χ2v) is 9.76. The van der Waals surface area contributed by atoms with Gasteiger partial charge in [-0.2, -0.15) is 0 Å². The highest BCUT2D eigenvalue weighted by Crippen LogP contribution is 2.34. The van der Waals surface area contributed by atoms with Crippen molar-refractivity contribution in [2.45, 2.75) is 46.3 Å². The summed E-state index contributed by atoms with van der Waals surface area (Å²) in [5.74, 6) is 0.428. The van der Waals surface area contributed by atoms with Crippen molar-refractivity contribution in [1.29, 1.82) is 0 Å². The average Bonchev–Trinajstić information content (AvgIpc) is 2.97. The lowest BCUT2D eigenvalue weighted by Gasteiger charge is -2.36. The van der Waals surface area contributed by atoms with Crippen LogP contribution in [0.2, 0.25) is 0 Å². The predicted molar refractivity (Wildman–Crippen MR) is 129 cm³/mol. The molecule has 2 aliphatic heterocycles. The Labute approximate surface area is 191 Å². The number of aryl methyl sites for hydroxylation is 1. The minimum atomic E-state index is -0.198. The van der Waals surface area contributed by atoms with E-state index < -0.39 is 0 Å². The number of thioether (sulfide) groups is 1. The van der Waals surface area contributed by atoms with Gasteiger partial charge in [0.25, 0.3) is 11.5 Å². The molecule has 0 bridgehead atoms. The highest BCUT2D eigenvalue weighted by atomic mass is 32.2. The number of anilines is 1. The third-order valence-corrected chi connectivity index (χ3v) is 6.68. The number of hydrogen-bond donors (Lipinski definition) is 0. The molecule has 7 nitrogen and oxygen atoms in total. The Bertz CT molecular complexity index is 1130. The Morgan fingerprint density at radius 2 is 1.97 bits per heavy atom. The molecule has 0 N–H and O–H groups in total. The first-order valence-corrected chi connectivity index (χ1v) is 11.7. The summed E-state index contributed by atoms with van der Waals surface area (Å²) in [6.07, 6.45) is 4.28. The van der Waals surface area contributed by atoms with E-state index in [0.29, 0.717) is 45.9 Å². The van der Waals surface area contributed by atoms with Crippen LogP contribution in [0.3, 0.4) is 0 Å². The van der Waals surface area contributed by atoms with Crippen molar-refractivity contribution < 1.29 is 9.53 Å². The lowest BCUT2D eigenvalue weighted by molar-refractivity contribution is -0.122. The fourth-order valence-corrected chi connectivity index (χ4v) is 5.30. The first-order chi connectivity index (χ1) is 14.8. The number of nitrogens with zero attached hydrogens (tertiary/aromatic N) is 4. The van der Waals surface area contributed by atoms with Gasteiger partial charge in [0.15, 0.2) is 0 Å². The van der Waals surface area contributed by atoms with Crippen LogP contribution >= 0.6 is 24.0 Å². The molecular formula is C22H26N4O3S2. The van der Waals surface area contributed by atoms with Crippen molar-refractivity contribution in [3.63, 3.8) is 0 Å². The molecule has 2 unspecified atom stereocenters. The summed E-state index contributed by atoms with van der Waals surface area (Å²) in [5.41, 5.74) is 1.74. The molecule has 164 valence electrons. The number of pyridine rings is 1. The van der Waals surface area contributed by atoms with E-state index in [1.165, 1.54) is 11.8 Å². The molecule has 2 aromatic heterocycles. The Balaban J connectivity index is 1.88. The molecule has 0 aromatic carbocycles. The lowest BCUT2D eigenvalue weighted by Crippen LogP contribution is -2.46. The molecule has 9 heteroatoms. The van der Waals surface area contributed by atoms with Crippen LogP contribution in [0.25, 0.3) is 11.7 Å². The zero-order chi connectivity index (χ0) is 22.3. The number of ether oxygens (including phenoxy) is 1. The SMILES string of the molecule is CCCN1C(=O)C(=Cc2c(N3CC(C)OC(C)C3)nc3ccc(C)cn3c2=O)SC1=S. The first kappa shape index (κ1) is 22.0. The zero-order valence-corrected chi connectivity index (χ0v) is 19.8. The van der Waals surface area contributed by atoms with Gasteiger partial charge in [-0.25, -0.2) is 4.98 Å². The third-order valence-electron chi connectivity index (χ3n) is 5.30. The van der Waals surface area contributed by atoms with Crippen LogP contribution in [-0.4, -0.2) is 56.4 Å². The maximum absolute atomic E-state index is 13.5. The molecule has 0 saturated carbocycles. The maximum Gasteiger partial charge on any atom is 0.267 e. The number of carbonyl (C=O) groups excluding carboxylic acids is 1. The monoisotopic (exact) mass is 458 g/mol. The van der Waals surface area contributed by atoms with Gasteiger partial charge in [-0.3, -0.25) is 18.9 Å². The zero-order valence-electron chi connectivity index (χ0n) is 18.1. The van der Waals surface area contributed by atoms with Crippen molar-refractivity contribution in [1.82, 2.24) is 14.3 Å². The molecule has 2 aliphatic rings. The highest BCUT2D eigenvalue weighted by molar-refractivity contribution is 8.26. The van der Waals surface area contributed by atoms with Gasteiger partial charge in [0.05, 0.1) is 22.7 Å². The molecule has 31 heavy (non-hydrogen) atoms. The van der Waals surface area contributed by atoms with Crippen molar-refractivity contribution in [3.8, 4) is 0 Å². The fraction of sp³-hybridized carbons (Fsp3) is 0.455. The van der Waals surface area contributed by atoms with Crippen molar-refractivity contribution in [3.05, 3.63) is 44.7 Å². The number of hydrogen-bond acceptors (Lipinski definition) is 7. The van der Waals surface area contributed by atoms with E-state index in [2.05, 4.69) is 4.90 Å². The van der Waals surface area contributed by atoms with E-state index in [0.717, 1.165) is 12.0 Å². The van der Waals surface area contributed by atoms with Crippen LogP contribution in [0.5, 0.6) is 0 Å². The molecule has 1 amide bonds. The molecule has 4 heterocycles. The number of aromatic nitrogens is 2. The van der Waals surface area contributed by atoms with Gasteiger partial charge in [-0.1, -0.05) is 37.0 Å². The molecule has 0 spiro atoms. The van der Waals surface area contributed by atoms with E-state index in [4.69, 9.17) is 21.9 Å². The van der Waals surface area contributed by atoms with Crippen LogP contribution in [-0.2, 0) is 9.53 Å². The van der Waals surface area contributed by atoms with Crippen molar-refractivity contribution in [2.75, 3.05) is 24.5 Å². The summed E-state index contributed by atoms with van der Waals surface area (Å²) in [4.78, 5) is 35.4. The summed E-state index contributed by atoms with van der Waals surface area (Å²) in [5, 5.41) is 0. The molecule has 2 aromatic rings. The minimum Gasteiger partial charge on any atom is -0.372 e. The minimum absolute atomic E-state index is 0.0117. The van der Waals surface area contributed by atoms with E-state index in [9.17, 15) is 9.59 Å². The number of fused-ring (bicyclic) bond motifs is 1. The van der Waals surface area contributed by atoms with Crippen LogP contribution < -0.4 is 10.5 Å². The lowest BCUT2D eigenvalue weighted by atomic mass is 10.1. The quantitative estimate of drug-likeness (QED) is 0.515. The summed E-state index contributed by atoms with van der Waals surface area (Å²) in [7, 11) is 0. The van der Waals surface area contributed by atoms with Crippen molar-refractivity contribution >= 4 is 51.7 Å². The highest BCUT2D eigenvalue weighted by Gasteiger charge is 2.33. The molecule has 2 atom stereocenters. The summed E-state index contributed by atoms with van der Waals surface area (Å²) < 4.78 is 7.94. The third kappa shape index (κ3) is 4.26. The molecule has 2 fully saturated rings. The van der Waals surface area contributed by atoms with E-state index in [1.54, 1.807) is 21.6 Å². The largest absolute Gasteiger partial charge is 0.372 e. The van der Waals surface area contributed by atoms with Gasteiger partial charge >= 0.3 is 0 Å². The van der Waals surface area contributed by atoms with E-state index in [-0.39, 0.29) is 23.7 Å². The normalized spacial score (nSPS) is 23.4. The number of amides is 1. The molecule has 0 aliphatic carbocycles. The van der Waals surface area contributed by atoms with Crippen molar-refractivity contribution in [2.24, 2.45) is 0 Å². The molecule has 0 radical (unpaired) electrons. The average molecular weight is 459 g/mol. The predicted octanol–water partition coefficient (Wildman–Crippen LogP) is 3.23. The topological polar surface area (TPSA) is 67.2 Å². The second-order valence-electron chi connectivity index (χ2n) is 8.08. The number of thiocarbonyl (C=S) groups is 1. The maximum atomic E-state index is 13.5. The van der Waals surface area contributed by atoms with Gasteiger partial charge in [0.1, 0.15) is 15.8 Å². The number of carbonyl (C=O) groups is 1. The van der Waals surface area contributed by atoms with Gasteiger partial charge in [-0.05, 0) is 44.9 Å². The number of rotatable bonds is 4. The Morgan fingerprint density at radius 1 is 1.26 bits per heavy atom. The standard InChI is InChI=1S/C22H26N4O3S2/c1-5-8-25-21(28)17(31-22(25)30)9-16-19(24-11-14(3)29-15(4)12-24)23-18-7-6-13(2)10-26(18)20(16)27/h6-7,9-10,14-15H,5,8,11-12H2,1-4H3. The Kier molecular flexibility index (Phi) is 6.18. The Hall–Kier alpha value is -2.23. The van der Waals surface area contributed by atoms with Crippen LogP contribution in [0, 0.1) is 6.92 Å².